The third-order valence-corrected chi connectivity index (χ3v) is 3.82. The average molecular weight is 305 g/mol. The number of thioether (sulfide) groups is 1. The molecule has 2 N–H and O–H groups in total. The number of carboxylic acid groups (broad SMARTS) is 1. The highest BCUT2D eigenvalue weighted by Crippen LogP contribution is 2.28. The standard InChI is InChI=1S/C14H27NO4S/c1-12(2,3)19-11(18)15-14(7,8-10(16)17)9-20-13(4,5)6/h8-9H2,1-7H3,(H,15,18)(H,16,17). The second-order valence-corrected chi connectivity index (χ2v) is 8.96. The Hall–Kier alpha value is -0.910. The zero-order valence-electron chi connectivity index (χ0n) is 13.5. The molecule has 0 saturated carbocycles. The van der Waals surface area contributed by atoms with Crippen molar-refractivity contribution in [3.8, 4) is 0 Å². The molecule has 1 atom stereocenters. The molecule has 0 fully saturated rings. The Labute approximate surface area is 125 Å². The van der Waals surface area contributed by atoms with Crippen LogP contribution in [-0.2, 0) is 9.53 Å². The number of carboxylic acids is 1. The summed E-state index contributed by atoms with van der Waals surface area (Å²) in [4.78, 5) is 22.8. The van der Waals surface area contributed by atoms with Crippen LogP contribution in [0, 0.1) is 0 Å². The molecule has 0 heterocycles. The SMILES string of the molecule is CC(CSC(C)(C)C)(CC(=O)O)NC(=O)OC(C)(C)C. The molecule has 0 aliphatic carbocycles. The van der Waals surface area contributed by atoms with Gasteiger partial charge in [0.25, 0.3) is 0 Å². The van der Waals surface area contributed by atoms with Crippen LogP contribution in [0.3, 0.4) is 0 Å². The smallest absolute Gasteiger partial charge is 0.408 e. The monoisotopic (exact) mass is 305 g/mol. The predicted octanol–water partition coefficient (Wildman–Crippen LogP) is 3.28. The van der Waals surface area contributed by atoms with Gasteiger partial charge in [-0.25, -0.2) is 4.79 Å². The third kappa shape index (κ3) is 9.95. The van der Waals surface area contributed by atoms with Crippen LogP contribution in [0.2, 0.25) is 0 Å². The van der Waals surface area contributed by atoms with Crippen LogP contribution in [-0.4, -0.2) is 38.8 Å². The second-order valence-electron chi connectivity index (χ2n) is 7.16. The van der Waals surface area contributed by atoms with Gasteiger partial charge >= 0.3 is 12.1 Å². The van der Waals surface area contributed by atoms with E-state index in [0.29, 0.717) is 5.75 Å². The number of nitrogens with one attached hydrogen (secondary N) is 1. The summed E-state index contributed by atoms with van der Waals surface area (Å²) in [5.74, 6) is -0.444. The molecular formula is C14H27NO4S. The Morgan fingerprint density at radius 3 is 1.95 bits per heavy atom. The van der Waals surface area contributed by atoms with Crippen molar-refractivity contribution in [2.24, 2.45) is 0 Å². The molecule has 0 aromatic heterocycles. The molecule has 118 valence electrons. The Kier molecular flexibility index (Phi) is 6.39. The number of aliphatic carboxylic acids is 1. The number of hydrogen-bond donors (Lipinski definition) is 2. The lowest BCUT2D eigenvalue weighted by atomic mass is 10.0. The van der Waals surface area contributed by atoms with Crippen LogP contribution < -0.4 is 5.32 Å². The van der Waals surface area contributed by atoms with E-state index in [1.165, 1.54) is 0 Å². The van der Waals surface area contributed by atoms with Crippen molar-refractivity contribution < 1.29 is 19.4 Å². The second kappa shape index (κ2) is 6.70. The first-order valence-corrected chi connectivity index (χ1v) is 7.58. The van der Waals surface area contributed by atoms with Crippen molar-refractivity contribution in [3.63, 3.8) is 0 Å². The van der Waals surface area contributed by atoms with E-state index in [9.17, 15) is 9.59 Å². The highest BCUT2D eigenvalue weighted by atomic mass is 32.2. The van der Waals surface area contributed by atoms with Crippen molar-refractivity contribution >= 4 is 23.8 Å². The predicted molar refractivity (Wildman–Crippen MR) is 82.2 cm³/mol. The molecule has 0 spiro atoms. The molecule has 1 amide bonds. The molecule has 0 aromatic carbocycles. The summed E-state index contributed by atoms with van der Waals surface area (Å²) < 4.78 is 5.19. The summed E-state index contributed by atoms with van der Waals surface area (Å²) in [6, 6.07) is 0. The van der Waals surface area contributed by atoms with Gasteiger partial charge in [0.1, 0.15) is 5.60 Å². The molecular weight excluding hydrogens is 278 g/mol. The van der Waals surface area contributed by atoms with Crippen molar-refractivity contribution in [2.45, 2.75) is 70.8 Å². The average Bonchev–Trinajstić information content (AvgIpc) is 2.08. The van der Waals surface area contributed by atoms with Crippen LogP contribution in [0.5, 0.6) is 0 Å². The number of amides is 1. The molecule has 0 radical (unpaired) electrons. The van der Waals surface area contributed by atoms with Crippen LogP contribution >= 0.6 is 11.8 Å². The number of rotatable bonds is 5. The lowest BCUT2D eigenvalue weighted by Crippen LogP contribution is -2.51. The number of carbonyl (C=O) groups excluding carboxylic acids is 1. The Bertz CT molecular complexity index is 357. The van der Waals surface area contributed by atoms with Crippen LogP contribution in [0.25, 0.3) is 0 Å². The molecule has 0 aromatic rings. The van der Waals surface area contributed by atoms with Crippen molar-refractivity contribution in [2.75, 3.05) is 5.75 Å². The summed E-state index contributed by atoms with van der Waals surface area (Å²) in [5.41, 5.74) is -1.45. The zero-order chi connectivity index (χ0) is 16.2. The van der Waals surface area contributed by atoms with E-state index in [4.69, 9.17) is 9.84 Å². The van der Waals surface area contributed by atoms with E-state index < -0.39 is 23.2 Å². The largest absolute Gasteiger partial charge is 0.481 e. The van der Waals surface area contributed by atoms with Crippen LogP contribution in [0.4, 0.5) is 4.79 Å². The maximum Gasteiger partial charge on any atom is 0.408 e. The lowest BCUT2D eigenvalue weighted by molar-refractivity contribution is -0.138. The zero-order valence-corrected chi connectivity index (χ0v) is 14.3. The quantitative estimate of drug-likeness (QED) is 0.815. The van der Waals surface area contributed by atoms with Gasteiger partial charge in [-0.05, 0) is 27.7 Å². The van der Waals surface area contributed by atoms with Crippen LogP contribution in [0.15, 0.2) is 0 Å². The van der Waals surface area contributed by atoms with Gasteiger partial charge < -0.3 is 15.2 Å². The molecule has 5 nitrogen and oxygen atoms in total. The third-order valence-electron chi connectivity index (χ3n) is 2.17. The summed E-state index contributed by atoms with van der Waals surface area (Å²) in [6.07, 6.45) is -0.731. The fourth-order valence-electron chi connectivity index (χ4n) is 1.39. The van der Waals surface area contributed by atoms with Crippen molar-refractivity contribution in [1.82, 2.24) is 5.32 Å². The first kappa shape index (κ1) is 19.1. The fraction of sp³-hybridized carbons (Fsp3) is 0.857. The summed E-state index contributed by atoms with van der Waals surface area (Å²) >= 11 is 1.61. The Morgan fingerprint density at radius 2 is 1.60 bits per heavy atom. The normalized spacial score (nSPS) is 15.3. The molecule has 20 heavy (non-hydrogen) atoms. The van der Waals surface area contributed by atoms with Crippen molar-refractivity contribution in [3.05, 3.63) is 0 Å². The highest BCUT2D eigenvalue weighted by Gasteiger charge is 2.33. The van der Waals surface area contributed by atoms with Gasteiger partial charge in [0.2, 0.25) is 0 Å². The maximum atomic E-state index is 11.8. The van der Waals surface area contributed by atoms with Crippen LogP contribution in [0.1, 0.15) is 54.9 Å². The van der Waals surface area contributed by atoms with Gasteiger partial charge in [-0.3, -0.25) is 4.79 Å². The lowest BCUT2D eigenvalue weighted by Gasteiger charge is -2.33. The molecule has 0 aliphatic rings. The minimum Gasteiger partial charge on any atom is -0.481 e. The number of ether oxygens (including phenoxy) is 1. The molecule has 0 rings (SSSR count). The van der Waals surface area contributed by atoms with Gasteiger partial charge in [0.15, 0.2) is 0 Å². The van der Waals surface area contributed by atoms with Crippen molar-refractivity contribution in [1.29, 1.82) is 0 Å². The molecule has 0 aliphatic heterocycles. The minimum atomic E-state index is -0.946. The van der Waals surface area contributed by atoms with E-state index in [1.54, 1.807) is 39.5 Å². The van der Waals surface area contributed by atoms with E-state index in [-0.39, 0.29) is 11.2 Å². The van der Waals surface area contributed by atoms with E-state index in [2.05, 4.69) is 5.32 Å². The van der Waals surface area contributed by atoms with E-state index in [0.717, 1.165) is 0 Å². The molecule has 0 bridgehead atoms. The van der Waals surface area contributed by atoms with E-state index >= 15 is 0 Å². The maximum absolute atomic E-state index is 11.8. The number of hydrogen-bond acceptors (Lipinski definition) is 4. The van der Waals surface area contributed by atoms with Gasteiger partial charge in [0.05, 0.1) is 12.0 Å². The molecule has 1 unspecified atom stereocenters. The summed E-state index contributed by atoms with van der Waals surface area (Å²) in [5, 5.41) is 11.7. The minimum absolute atomic E-state index is 0.00459. The fourth-order valence-corrected chi connectivity index (χ4v) is 2.32. The van der Waals surface area contributed by atoms with Gasteiger partial charge in [-0.2, -0.15) is 11.8 Å². The van der Waals surface area contributed by atoms with Gasteiger partial charge in [-0.15, -0.1) is 0 Å². The summed E-state index contributed by atoms with van der Waals surface area (Å²) in [7, 11) is 0. The number of carbonyl (C=O) groups is 2. The van der Waals surface area contributed by atoms with Gasteiger partial charge in [0, 0.05) is 10.5 Å². The molecule has 6 heteroatoms. The topological polar surface area (TPSA) is 75.6 Å². The first-order valence-electron chi connectivity index (χ1n) is 6.59. The summed E-state index contributed by atoms with van der Waals surface area (Å²) in [6.45, 7) is 13.2. The Balaban J connectivity index is 4.78. The number of alkyl carbamates (subject to hydrolysis) is 1. The first-order chi connectivity index (χ1) is 8.72. The van der Waals surface area contributed by atoms with Gasteiger partial charge in [-0.1, -0.05) is 20.8 Å². The molecule has 0 saturated heterocycles. The highest BCUT2D eigenvalue weighted by molar-refractivity contribution is 8.00. The Morgan fingerprint density at radius 1 is 1.10 bits per heavy atom. The van der Waals surface area contributed by atoms with E-state index in [1.807, 2.05) is 20.8 Å².